The molecule has 0 unspecified atom stereocenters. The molecule has 0 spiro atoms. The van der Waals surface area contributed by atoms with E-state index >= 15 is 0 Å². The molecular formula is C19H15ClN4O3. The summed E-state index contributed by atoms with van der Waals surface area (Å²) >= 11 is 6.24. The lowest BCUT2D eigenvalue weighted by atomic mass is 10.1. The van der Waals surface area contributed by atoms with Gasteiger partial charge in [0.2, 0.25) is 5.95 Å². The van der Waals surface area contributed by atoms with E-state index in [4.69, 9.17) is 11.6 Å². The molecule has 4 aromatic rings. The van der Waals surface area contributed by atoms with E-state index in [2.05, 4.69) is 10.1 Å². The van der Waals surface area contributed by atoms with Gasteiger partial charge >= 0.3 is 0 Å². The molecule has 2 aromatic carbocycles. The van der Waals surface area contributed by atoms with Gasteiger partial charge in [0.25, 0.3) is 0 Å². The van der Waals surface area contributed by atoms with E-state index in [1.165, 1.54) is 24.3 Å². The summed E-state index contributed by atoms with van der Waals surface area (Å²) in [5, 5.41) is 34.0. The fourth-order valence-electron chi connectivity index (χ4n) is 2.80. The van der Waals surface area contributed by atoms with Crippen LogP contribution in [0.4, 0.5) is 11.6 Å². The number of nitrogens with zero attached hydrogens (tertiary/aromatic N) is 4. The maximum atomic E-state index is 9.72. The number of phenols is 3. The van der Waals surface area contributed by atoms with Crippen LogP contribution >= 0.6 is 11.6 Å². The van der Waals surface area contributed by atoms with Crippen LogP contribution in [0, 0.1) is 0 Å². The number of rotatable bonds is 3. The monoisotopic (exact) mass is 382 g/mol. The lowest BCUT2D eigenvalue weighted by molar-refractivity contribution is 0.451. The van der Waals surface area contributed by atoms with Gasteiger partial charge in [-0.1, -0.05) is 11.6 Å². The van der Waals surface area contributed by atoms with Crippen LogP contribution in [0.3, 0.4) is 0 Å². The van der Waals surface area contributed by atoms with E-state index in [1.54, 1.807) is 34.8 Å². The summed E-state index contributed by atoms with van der Waals surface area (Å²) in [7, 11) is 1.73. The molecule has 7 nitrogen and oxygen atoms in total. The minimum Gasteiger partial charge on any atom is -0.508 e. The second-order valence-corrected chi connectivity index (χ2v) is 6.47. The molecule has 136 valence electrons. The van der Waals surface area contributed by atoms with Gasteiger partial charge < -0.3 is 20.2 Å². The zero-order valence-electron chi connectivity index (χ0n) is 14.2. The van der Waals surface area contributed by atoms with Crippen LogP contribution in [0.1, 0.15) is 0 Å². The first-order chi connectivity index (χ1) is 12.9. The van der Waals surface area contributed by atoms with Gasteiger partial charge in [-0.15, -0.1) is 5.10 Å². The highest BCUT2D eigenvalue weighted by molar-refractivity contribution is 6.33. The topological polar surface area (TPSA) is 94.1 Å². The van der Waals surface area contributed by atoms with Gasteiger partial charge in [0.15, 0.2) is 5.65 Å². The molecule has 0 aliphatic rings. The van der Waals surface area contributed by atoms with Crippen molar-refractivity contribution < 1.29 is 15.3 Å². The zero-order valence-corrected chi connectivity index (χ0v) is 15.0. The Morgan fingerprint density at radius 2 is 1.67 bits per heavy atom. The number of aromatic nitrogens is 3. The Hall–Kier alpha value is -3.45. The van der Waals surface area contributed by atoms with E-state index in [1.807, 2.05) is 12.1 Å². The molecule has 0 aliphatic carbocycles. The van der Waals surface area contributed by atoms with E-state index < -0.39 is 0 Å². The van der Waals surface area contributed by atoms with Crippen molar-refractivity contribution >= 4 is 28.9 Å². The first-order valence-electron chi connectivity index (χ1n) is 8.03. The third-order valence-electron chi connectivity index (χ3n) is 4.16. The summed E-state index contributed by atoms with van der Waals surface area (Å²) < 4.78 is 1.61. The Balaban J connectivity index is 1.75. The average molecular weight is 383 g/mol. The van der Waals surface area contributed by atoms with Crippen molar-refractivity contribution in [2.75, 3.05) is 11.9 Å². The third-order valence-corrected chi connectivity index (χ3v) is 4.49. The van der Waals surface area contributed by atoms with Crippen molar-refractivity contribution in [2.45, 2.75) is 0 Å². The Morgan fingerprint density at radius 1 is 0.926 bits per heavy atom. The standard InChI is InChI=1S/C19H15ClN4O3/c1-23(12-7-14(26)9-15(27)8-12)19-21-18-6-11(4-5-24(18)22-19)16-10-13(25)2-3-17(16)20/h2-10,25-27H,1H3. The van der Waals surface area contributed by atoms with Crippen LogP contribution in [0.15, 0.2) is 54.7 Å². The molecule has 2 heterocycles. The van der Waals surface area contributed by atoms with Crippen molar-refractivity contribution in [1.82, 2.24) is 14.6 Å². The lowest BCUT2D eigenvalue weighted by Gasteiger charge is -2.15. The molecule has 0 fully saturated rings. The molecular weight excluding hydrogens is 368 g/mol. The largest absolute Gasteiger partial charge is 0.508 e. The fourth-order valence-corrected chi connectivity index (χ4v) is 3.03. The van der Waals surface area contributed by atoms with Crippen molar-refractivity contribution in [2.24, 2.45) is 0 Å². The number of hydrogen-bond acceptors (Lipinski definition) is 6. The molecule has 0 atom stereocenters. The molecule has 3 N–H and O–H groups in total. The maximum Gasteiger partial charge on any atom is 0.249 e. The molecule has 0 aliphatic heterocycles. The number of benzene rings is 2. The Kier molecular flexibility index (Phi) is 4.01. The SMILES string of the molecule is CN(c1cc(O)cc(O)c1)c1nc2cc(-c3cc(O)ccc3Cl)ccn2n1. The zero-order chi connectivity index (χ0) is 19.1. The molecule has 2 aromatic heterocycles. The Labute approximate surface area is 159 Å². The molecule has 0 saturated heterocycles. The second-order valence-electron chi connectivity index (χ2n) is 6.06. The Bertz CT molecular complexity index is 1140. The highest BCUT2D eigenvalue weighted by Crippen LogP contribution is 2.33. The van der Waals surface area contributed by atoms with Gasteiger partial charge in [-0.2, -0.15) is 4.98 Å². The summed E-state index contributed by atoms with van der Waals surface area (Å²) in [5.41, 5.74) is 2.60. The molecule has 0 amide bonds. The van der Waals surface area contributed by atoms with E-state index in [-0.39, 0.29) is 17.2 Å². The van der Waals surface area contributed by atoms with Gasteiger partial charge in [-0.05, 0) is 35.9 Å². The van der Waals surface area contributed by atoms with Crippen LogP contribution in [0.5, 0.6) is 17.2 Å². The summed E-state index contributed by atoms with van der Waals surface area (Å²) in [6, 6.07) is 12.6. The predicted octanol–water partition coefficient (Wildman–Crippen LogP) is 3.93. The van der Waals surface area contributed by atoms with Gasteiger partial charge in [-0.25, -0.2) is 4.52 Å². The third kappa shape index (κ3) is 3.20. The number of phenolic OH excluding ortho intramolecular Hbond substituents is 3. The van der Waals surface area contributed by atoms with E-state index in [0.29, 0.717) is 27.9 Å². The summed E-state index contributed by atoms with van der Waals surface area (Å²) in [4.78, 5) is 6.14. The van der Waals surface area contributed by atoms with Crippen molar-refractivity contribution in [3.05, 3.63) is 59.8 Å². The number of aromatic hydroxyl groups is 3. The quantitative estimate of drug-likeness (QED) is 0.497. The number of anilines is 2. The van der Waals surface area contributed by atoms with Crippen molar-refractivity contribution in [3.8, 4) is 28.4 Å². The molecule has 8 heteroatoms. The second kappa shape index (κ2) is 6.37. The van der Waals surface area contributed by atoms with Crippen LogP contribution < -0.4 is 4.90 Å². The first-order valence-corrected chi connectivity index (χ1v) is 8.40. The minimum atomic E-state index is -0.0542. The number of pyridine rings is 1. The lowest BCUT2D eigenvalue weighted by Crippen LogP contribution is -2.11. The number of halogens is 1. The average Bonchev–Trinajstić information content (AvgIpc) is 3.05. The fraction of sp³-hybridized carbons (Fsp3) is 0.0526. The van der Waals surface area contributed by atoms with Crippen LogP contribution in [0.25, 0.3) is 16.8 Å². The van der Waals surface area contributed by atoms with E-state index in [0.717, 1.165) is 5.56 Å². The summed E-state index contributed by atoms with van der Waals surface area (Å²) in [5.74, 6) is 0.405. The highest BCUT2D eigenvalue weighted by Gasteiger charge is 2.14. The molecule has 0 saturated carbocycles. The predicted molar refractivity (Wildman–Crippen MR) is 103 cm³/mol. The molecule has 0 radical (unpaired) electrons. The van der Waals surface area contributed by atoms with Crippen LogP contribution in [-0.4, -0.2) is 37.0 Å². The molecule has 0 bridgehead atoms. The smallest absolute Gasteiger partial charge is 0.249 e. The summed E-state index contributed by atoms with van der Waals surface area (Å²) in [6.07, 6.45) is 1.75. The van der Waals surface area contributed by atoms with Crippen molar-refractivity contribution in [1.29, 1.82) is 0 Å². The number of fused-ring (bicyclic) bond motifs is 1. The maximum absolute atomic E-state index is 9.72. The Morgan fingerprint density at radius 3 is 2.41 bits per heavy atom. The van der Waals surface area contributed by atoms with Crippen molar-refractivity contribution in [3.63, 3.8) is 0 Å². The molecule has 27 heavy (non-hydrogen) atoms. The van der Waals surface area contributed by atoms with Crippen LogP contribution in [0.2, 0.25) is 5.02 Å². The van der Waals surface area contributed by atoms with Gasteiger partial charge in [0, 0.05) is 42.0 Å². The minimum absolute atomic E-state index is 0.0542. The van der Waals surface area contributed by atoms with Gasteiger partial charge in [-0.3, -0.25) is 0 Å². The first kappa shape index (κ1) is 17.0. The van der Waals surface area contributed by atoms with Crippen LogP contribution in [-0.2, 0) is 0 Å². The molecule has 4 rings (SSSR count). The highest BCUT2D eigenvalue weighted by atomic mass is 35.5. The van der Waals surface area contributed by atoms with Gasteiger partial charge in [0.05, 0.1) is 5.69 Å². The van der Waals surface area contributed by atoms with Gasteiger partial charge in [0.1, 0.15) is 17.2 Å². The normalized spacial score (nSPS) is 11.0. The summed E-state index contributed by atoms with van der Waals surface area (Å²) in [6.45, 7) is 0. The van der Waals surface area contributed by atoms with E-state index in [9.17, 15) is 15.3 Å². The number of hydrogen-bond donors (Lipinski definition) is 3.